The number of carbonyl (C=O) groups excluding carboxylic acids is 1. The van der Waals surface area contributed by atoms with Gasteiger partial charge in [0.25, 0.3) is 5.91 Å². The van der Waals surface area contributed by atoms with Crippen LogP contribution in [0.5, 0.6) is 11.5 Å². The van der Waals surface area contributed by atoms with Gasteiger partial charge in [-0.05, 0) is 44.5 Å². The van der Waals surface area contributed by atoms with Crippen LogP contribution in [0.2, 0.25) is 0 Å². The molecule has 36 heavy (non-hydrogen) atoms. The van der Waals surface area contributed by atoms with E-state index in [0.29, 0.717) is 58.8 Å². The summed E-state index contributed by atoms with van der Waals surface area (Å²) in [6.07, 6.45) is 2.39. The fraction of sp³-hybridized carbons (Fsp3) is 0.308. The third-order valence-corrected chi connectivity index (χ3v) is 5.50. The fourth-order valence-electron chi connectivity index (χ4n) is 3.80. The van der Waals surface area contributed by atoms with Crippen LogP contribution in [-0.2, 0) is 4.74 Å². The third kappa shape index (κ3) is 5.08. The van der Waals surface area contributed by atoms with Crippen LogP contribution in [0.3, 0.4) is 0 Å². The van der Waals surface area contributed by atoms with Crippen LogP contribution in [0.1, 0.15) is 36.2 Å². The Morgan fingerprint density at radius 3 is 2.56 bits per heavy atom. The molecule has 0 aliphatic rings. The Morgan fingerprint density at radius 1 is 1.11 bits per heavy atom. The van der Waals surface area contributed by atoms with Crippen molar-refractivity contribution in [2.24, 2.45) is 5.10 Å². The maximum absolute atomic E-state index is 13.2. The first-order chi connectivity index (χ1) is 17.4. The van der Waals surface area contributed by atoms with Crippen LogP contribution >= 0.6 is 0 Å². The monoisotopic (exact) mass is 490 g/mol. The average Bonchev–Trinajstić information content (AvgIpc) is 3.14. The minimum absolute atomic E-state index is 0.134. The average molecular weight is 491 g/mol. The molecule has 0 saturated carbocycles. The molecule has 2 heterocycles. The zero-order valence-corrected chi connectivity index (χ0v) is 20.8. The molecule has 10 nitrogen and oxygen atoms in total. The smallest absolute Gasteiger partial charge is 0.257 e. The molecule has 0 bridgehead atoms. The lowest BCUT2D eigenvalue weighted by Gasteiger charge is -2.09. The summed E-state index contributed by atoms with van der Waals surface area (Å²) in [5.41, 5.74) is 9.42. The van der Waals surface area contributed by atoms with E-state index in [2.05, 4.69) is 10.4 Å². The van der Waals surface area contributed by atoms with Crippen molar-refractivity contribution in [2.75, 3.05) is 33.1 Å². The highest BCUT2D eigenvalue weighted by molar-refractivity contribution is 6.10. The minimum atomic E-state index is -0.348. The van der Waals surface area contributed by atoms with Gasteiger partial charge >= 0.3 is 0 Å². The number of para-hydroxylation sites is 3. The van der Waals surface area contributed by atoms with Crippen molar-refractivity contribution < 1.29 is 19.0 Å². The van der Waals surface area contributed by atoms with Crippen LogP contribution in [-0.4, -0.2) is 60.2 Å². The number of hydrogen-bond acceptors (Lipinski definition) is 8. The van der Waals surface area contributed by atoms with E-state index < -0.39 is 0 Å². The molecule has 1 amide bonds. The van der Waals surface area contributed by atoms with Crippen LogP contribution in [0, 0.1) is 0 Å². The van der Waals surface area contributed by atoms with Crippen molar-refractivity contribution in [3.05, 3.63) is 53.6 Å². The molecule has 0 radical (unpaired) electrons. The summed E-state index contributed by atoms with van der Waals surface area (Å²) in [5, 5.41) is 7.46. The highest BCUT2D eigenvalue weighted by Crippen LogP contribution is 2.31. The topological polar surface area (TPSA) is 126 Å². The Bertz CT molecular complexity index is 1410. The predicted octanol–water partition coefficient (Wildman–Crippen LogP) is 3.61. The number of aromatic nitrogens is 3. The number of ether oxygens (including phenoxy) is 3. The van der Waals surface area contributed by atoms with Gasteiger partial charge in [0.1, 0.15) is 16.9 Å². The van der Waals surface area contributed by atoms with Crippen molar-refractivity contribution in [1.82, 2.24) is 20.0 Å². The Balaban J connectivity index is 1.75. The highest BCUT2D eigenvalue weighted by atomic mass is 16.5. The highest BCUT2D eigenvalue weighted by Gasteiger charge is 2.24. The molecule has 0 unspecified atom stereocenters. The van der Waals surface area contributed by atoms with Crippen molar-refractivity contribution in [2.45, 2.75) is 26.4 Å². The van der Waals surface area contributed by atoms with Gasteiger partial charge < -0.3 is 25.3 Å². The molecule has 0 atom stereocenters. The lowest BCUT2D eigenvalue weighted by atomic mass is 10.2. The molecule has 2 aromatic carbocycles. The van der Waals surface area contributed by atoms with E-state index >= 15 is 0 Å². The first kappa shape index (κ1) is 24.9. The summed E-state index contributed by atoms with van der Waals surface area (Å²) in [4.78, 5) is 22.6. The molecule has 4 rings (SSSR count). The summed E-state index contributed by atoms with van der Waals surface area (Å²) >= 11 is 0. The molecule has 3 N–H and O–H groups in total. The maximum atomic E-state index is 13.2. The van der Waals surface area contributed by atoms with E-state index in [1.54, 1.807) is 26.5 Å². The lowest BCUT2D eigenvalue weighted by molar-refractivity contribution is 0.0757. The van der Waals surface area contributed by atoms with E-state index in [1.165, 1.54) is 4.68 Å². The molecule has 0 saturated heterocycles. The summed E-state index contributed by atoms with van der Waals surface area (Å²) in [5.74, 6) is 0.880. The lowest BCUT2D eigenvalue weighted by Crippen LogP contribution is -2.26. The Labute approximate surface area is 209 Å². The van der Waals surface area contributed by atoms with E-state index in [0.717, 1.165) is 0 Å². The van der Waals surface area contributed by atoms with E-state index in [1.807, 2.05) is 50.2 Å². The zero-order chi connectivity index (χ0) is 25.7. The Kier molecular flexibility index (Phi) is 7.65. The van der Waals surface area contributed by atoms with Gasteiger partial charge in [-0.2, -0.15) is 9.78 Å². The van der Waals surface area contributed by atoms with Gasteiger partial charge in [0.15, 0.2) is 17.1 Å². The van der Waals surface area contributed by atoms with Gasteiger partial charge in [-0.15, -0.1) is 0 Å². The first-order valence-electron chi connectivity index (χ1n) is 11.7. The number of nitrogens with one attached hydrogen (secondary N) is 1. The normalized spacial score (nSPS) is 11.6. The quantitative estimate of drug-likeness (QED) is 0.257. The third-order valence-electron chi connectivity index (χ3n) is 5.50. The molecule has 10 heteroatoms. The second-order valence-corrected chi connectivity index (χ2v) is 8.31. The molecule has 4 aromatic rings. The molecule has 0 aliphatic heterocycles. The summed E-state index contributed by atoms with van der Waals surface area (Å²) in [6, 6.07) is 12.9. The number of amides is 1. The number of nitrogen functional groups attached to an aromatic ring is 1. The van der Waals surface area contributed by atoms with Gasteiger partial charge in [-0.25, -0.2) is 9.97 Å². The molecule has 0 fully saturated rings. The molecule has 0 spiro atoms. The number of fused-ring (bicyclic) bond motifs is 2. The molecule has 188 valence electrons. The molecular formula is C26H30N6O4. The maximum Gasteiger partial charge on any atom is 0.257 e. The summed E-state index contributed by atoms with van der Waals surface area (Å²) in [7, 11) is 3.12. The van der Waals surface area contributed by atoms with Gasteiger partial charge in [-0.1, -0.05) is 18.2 Å². The second kappa shape index (κ2) is 11.0. The van der Waals surface area contributed by atoms with Crippen molar-refractivity contribution in [1.29, 1.82) is 0 Å². The first-order valence-corrected chi connectivity index (χ1v) is 11.7. The number of anilines is 1. The Hall–Kier alpha value is -4.18. The number of methoxy groups -OCH3 is 2. The minimum Gasteiger partial charge on any atom is -0.493 e. The van der Waals surface area contributed by atoms with Gasteiger partial charge in [-0.3, -0.25) is 4.79 Å². The number of carbonyl (C=O) groups is 1. The molecular weight excluding hydrogens is 460 g/mol. The summed E-state index contributed by atoms with van der Waals surface area (Å²) < 4.78 is 17.8. The number of nitrogens with zero attached hydrogens (tertiary/aromatic N) is 4. The largest absolute Gasteiger partial charge is 0.493 e. The van der Waals surface area contributed by atoms with Crippen LogP contribution in [0.15, 0.2) is 47.6 Å². The van der Waals surface area contributed by atoms with Crippen molar-refractivity contribution in [3.8, 4) is 11.5 Å². The van der Waals surface area contributed by atoms with Gasteiger partial charge in [0.05, 0.1) is 37.6 Å². The van der Waals surface area contributed by atoms with Crippen LogP contribution in [0.4, 0.5) is 5.82 Å². The molecule has 2 aromatic heterocycles. The second-order valence-electron chi connectivity index (χ2n) is 8.31. The Morgan fingerprint density at radius 2 is 1.86 bits per heavy atom. The van der Waals surface area contributed by atoms with Crippen molar-refractivity contribution >= 4 is 40.1 Å². The number of hydrogen-bond donors (Lipinski definition) is 2. The van der Waals surface area contributed by atoms with E-state index in [9.17, 15) is 4.79 Å². The summed E-state index contributed by atoms with van der Waals surface area (Å²) in [6.45, 7) is 4.92. The van der Waals surface area contributed by atoms with Crippen LogP contribution in [0.25, 0.3) is 22.2 Å². The van der Waals surface area contributed by atoms with Crippen molar-refractivity contribution in [3.63, 3.8) is 0 Å². The standard InChI is InChI=1S/C26H30N6O4/c1-16(2)36-14-8-13-28-26(33)21-22-25(31-19-11-6-5-10-18(19)30-22)32(24(21)27)29-15-17-9-7-12-20(34-3)23(17)35-4/h5-7,9-12,15-16H,8,13-14,27H2,1-4H3,(H,28,33)/b29-15+. The number of nitrogens with two attached hydrogens (primary N) is 1. The zero-order valence-electron chi connectivity index (χ0n) is 20.8. The number of benzene rings is 2. The fourth-order valence-corrected chi connectivity index (χ4v) is 3.80. The van der Waals surface area contributed by atoms with Gasteiger partial charge in [0, 0.05) is 18.7 Å². The van der Waals surface area contributed by atoms with Gasteiger partial charge in [0.2, 0.25) is 0 Å². The number of rotatable bonds is 10. The predicted molar refractivity (Wildman–Crippen MR) is 140 cm³/mol. The molecule has 0 aliphatic carbocycles. The van der Waals surface area contributed by atoms with E-state index in [-0.39, 0.29) is 23.4 Å². The van der Waals surface area contributed by atoms with E-state index in [4.69, 9.17) is 29.9 Å². The van der Waals surface area contributed by atoms with Crippen LogP contribution < -0.4 is 20.5 Å². The SMILES string of the molecule is COc1cccc(/C=N/n2c(N)c(C(=O)NCCCOC(C)C)c3nc4ccccc4nc32)c1OC.